The minimum absolute atomic E-state index is 0.0231. The first-order valence-corrected chi connectivity index (χ1v) is 12.5. The summed E-state index contributed by atoms with van der Waals surface area (Å²) >= 11 is 0. The Morgan fingerprint density at radius 1 is 1.00 bits per heavy atom. The number of nitrogens with one attached hydrogen (secondary N) is 2. The van der Waals surface area contributed by atoms with Crippen molar-refractivity contribution >= 4 is 39.1 Å². The van der Waals surface area contributed by atoms with E-state index in [0.717, 1.165) is 0 Å². The Hall–Kier alpha value is -4.55. The molecular formula is C25H24N6O5S. The average molecular weight is 521 g/mol. The molecule has 1 aliphatic heterocycles. The number of carbonyl (C=O) groups is 2. The quantitative estimate of drug-likeness (QED) is 0.220. The SMILES string of the molecule is N=C(N)c1cccc(C2=NOC(CC(N)=O)(C(=O)Nc3ccc(-c4ccccc4S(N)(=O)=O)cc3)C2)c1. The Morgan fingerprint density at radius 2 is 1.70 bits per heavy atom. The molecule has 0 aliphatic carbocycles. The molecule has 0 saturated heterocycles. The standard InChI is InChI=1S/C25H24N6O5S/c26-22(32)14-25(13-20(31-36-25)16-4-3-5-17(12-16)23(27)28)24(33)30-18-10-8-15(9-11-18)19-6-1-2-7-21(19)37(29,34)35/h1-12H,13-14H2,(H2,26,32)(H3,27,28)(H,30,33)(H2,29,34,35). The lowest BCUT2D eigenvalue weighted by Gasteiger charge is -2.24. The molecule has 0 saturated carbocycles. The number of anilines is 1. The van der Waals surface area contributed by atoms with E-state index in [2.05, 4.69) is 10.5 Å². The van der Waals surface area contributed by atoms with Gasteiger partial charge in [0.25, 0.3) is 5.91 Å². The predicted octanol–water partition coefficient (Wildman–Crippen LogP) is 1.66. The summed E-state index contributed by atoms with van der Waals surface area (Å²) in [4.78, 5) is 30.6. The molecule has 2 amide bonds. The van der Waals surface area contributed by atoms with E-state index in [-0.39, 0.29) is 17.2 Å². The van der Waals surface area contributed by atoms with E-state index in [0.29, 0.717) is 33.7 Å². The lowest BCUT2D eigenvalue weighted by Crippen LogP contribution is -2.46. The van der Waals surface area contributed by atoms with Crippen LogP contribution >= 0.6 is 0 Å². The van der Waals surface area contributed by atoms with Crippen LogP contribution in [0.1, 0.15) is 24.0 Å². The molecule has 1 unspecified atom stereocenters. The van der Waals surface area contributed by atoms with E-state index in [4.69, 9.17) is 26.9 Å². The largest absolute Gasteiger partial charge is 0.384 e. The van der Waals surface area contributed by atoms with Crippen molar-refractivity contribution in [2.75, 3.05) is 5.32 Å². The Balaban J connectivity index is 1.56. The molecule has 0 radical (unpaired) electrons. The summed E-state index contributed by atoms with van der Waals surface area (Å²) in [7, 11) is -3.94. The minimum Gasteiger partial charge on any atom is -0.384 e. The predicted molar refractivity (Wildman–Crippen MR) is 138 cm³/mol. The van der Waals surface area contributed by atoms with Crippen LogP contribution in [0.2, 0.25) is 0 Å². The molecule has 3 aromatic rings. The van der Waals surface area contributed by atoms with Crippen LogP contribution in [0.3, 0.4) is 0 Å². The highest BCUT2D eigenvalue weighted by molar-refractivity contribution is 7.89. The Bertz CT molecular complexity index is 1540. The van der Waals surface area contributed by atoms with Gasteiger partial charge in [0.05, 0.1) is 17.0 Å². The number of hydrogen-bond donors (Lipinski definition) is 5. The van der Waals surface area contributed by atoms with Crippen molar-refractivity contribution in [1.29, 1.82) is 5.41 Å². The Morgan fingerprint density at radius 3 is 2.35 bits per heavy atom. The molecule has 0 fully saturated rings. The Labute approximate surface area is 212 Å². The van der Waals surface area contributed by atoms with Crippen LogP contribution in [-0.2, 0) is 24.4 Å². The van der Waals surface area contributed by atoms with Gasteiger partial charge >= 0.3 is 0 Å². The first-order valence-electron chi connectivity index (χ1n) is 11.0. The number of amides is 2. The fourth-order valence-corrected chi connectivity index (χ4v) is 4.77. The molecule has 12 heteroatoms. The van der Waals surface area contributed by atoms with E-state index in [1.807, 2.05) is 0 Å². The molecule has 3 aromatic carbocycles. The van der Waals surface area contributed by atoms with Crippen molar-refractivity contribution < 1.29 is 22.8 Å². The van der Waals surface area contributed by atoms with E-state index in [9.17, 15) is 18.0 Å². The average Bonchev–Trinajstić information content (AvgIpc) is 3.29. The third-order valence-electron chi connectivity index (χ3n) is 5.81. The number of primary amides is 1. The number of benzene rings is 3. The van der Waals surface area contributed by atoms with Gasteiger partial charge in [0.2, 0.25) is 21.5 Å². The number of carbonyl (C=O) groups excluding carboxylic acids is 2. The summed E-state index contributed by atoms with van der Waals surface area (Å²) in [5.41, 5.74) is 12.1. The maximum absolute atomic E-state index is 13.3. The fourth-order valence-electron chi connectivity index (χ4n) is 4.01. The second-order valence-corrected chi connectivity index (χ2v) is 10.0. The minimum atomic E-state index is -3.94. The summed E-state index contributed by atoms with van der Waals surface area (Å²) in [6.07, 6.45) is -0.457. The monoisotopic (exact) mass is 520 g/mol. The van der Waals surface area contributed by atoms with Gasteiger partial charge in [-0.3, -0.25) is 15.0 Å². The van der Waals surface area contributed by atoms with Crippen molar-refractivity contribution in [2.24, 2.45) is 21.8 Å². The second kappa shape index (κ2) is 9.84. The maximum Gasteiger partial charge on any atom is 0.272 e. The molecule has 1 atom stereocenters. The van der Waals surface area contributed by atoms with Crippen LogP contribution in [0, 0.1) is 5.41 Å². The van der Waals surface area contributed by atoms with Crippen molar-refractivity contribution in [3.05, 3.63) is 83.9 Å². The highest BCUT2D eigenvalue weighted by Crippen LogP contribution is 2.33. The molecule has 190 valence electrons. The number of sulfonamides is 1. The first kappa shape index (κ1) is 25.5. The van der Waals surface area contributed by atoms with E-state index in [1.54, 1.807) is 66.7 Å². The molecule has 1 heterocycles. The smallest absolute Gasteiger partial charge is 0.272 e. The van der Waals surface area contributed by atoms with E-state index in [1.165, 1.54) is 6.07 Å². The summed E-state index contributed by atoms with van der Waals surface area (Å²) in [5, 5.41) is 19.7. The molecule has 11 nitrogen and oxygen atoms in total. The molecule has 0 aromatic heterocycles. The van der Waals surface area contributed by atoms with Crippen LogP contribution in [-0.4, -0.2) is 37.4 Å². The molecule has 0 bridgehead atoms. The molecule has 0 spiro atoms. The summed E-state index contributed by atoms with van der Waals surface area (Å²) in [6.45, 7) is 0. The third-order valence-corrected chi connectivity index (χ3v) is 6.78. The van der Waals surface area contributed by atoms with Crippen LogP contribution < -0.4 is 21.9 Å². The van der Waals surface area contributed by atoms with Gasteiger partial charge in [0, 0.05) is 28.8 Å². The number of primary sulfonamides is 1. The van der Waals surface area contributed by atoms with E-state index >= 15 is 0 Å². The zero-order chi connectivity index (χ0) is 26.8. The second-order valence-electron chi connectivity index (χ2n) is 8.51. The number of nitrogens with two attached hydrogens (primary N) is 3. The number of nitrogens with zero attached hydrogens (tertiary/aromatic N) is 1. The molecule has 37 heavy (non-hydrogen) atoms. The first-order chi connectivity index (χ1) is 17.5. The van der Waals surface area contributed by atoms with Gasteiger partial charge in [-0.15, -0.1) is 0 Å². The van der Waals surface area contributed by atoms with Crippen molar-refractivity contribution in [3.63, 3.8) is 0 Å². The van der Waals surface area contributed by atoms with Crippen LogP contribution in [0.5, 0.6) is 0 Å². The molecule has 1 aliphatic rings. The maximum atomic E-state index is 13.3. The number of oxime groups is 1. The normalized spacial score (nSPS) is 16.9. The van der Waals surface area contributed by atoms with Crippen molar-refractivity contribution in [1.82, 2.24) is 0 Å². The zero-order valence-electron chi connectivity index (χ0n) is 19.5. The van der Waals surface area contributed by atoms with Crippen LogP contribution in [0.4, 0.5) is 5.69 Å². The van der Waals surface area contributed by atoms with E-state index < -0.39 is 33.9 Å². The Kier molecular flexibility index (Phi) is 6.79. The summed E-state index contributed by atoms with van der Waals surface area (Å²) in [6, 6.07) is 19.4. The van der Waals surface area contributed by atoms with Gasteiger partial charge in [0.1, 0.15) is 5.84 Å². The van der Waals surface area contributed by atoms with Crippen molar-refractivity contribution in [2.45, 2.75) is 23.3 Å². The van der Waals surface area contributed by atoms with Gasteiger partial charge in [-0.2, -0.15) is 0 Å². The van der Waals surface area contributed by atoms with Crippen LogP contribution in [0.25, 0.3) is 11.1 Å². The number of amidine groups is 1. The number of rotatable bonds is 8. The van der Waals surface area contributed by atoms with Crippen LogP contribution in [0.15, 0.2) is 82.8 Å². The van der Waals surface area contributed by atoms with Gasteiger partial charge < -0.3 is 21.6 Å². The van der Waals surface area contributed by atoms with Gasteiger partial charge in [-0.05, 0) is 29.8 Å². The zero-order valence-corrected chi connectivity index (χ0v) is 20.3. The topological polar surface area (TPSA) is 204 Å². The summed E-state index contributed by atoms with van der Waals surface area (Å²) in [5.74, 6) is -1.51. The fraction of sp³-hybridized carbons (Fsp3) is 0.120. The highest BCUT2D eigenvalue weighted by atomic mass is 32.2. The molecule has 4 rings (SSSR count). The summed E-state index contributed by atoms with van der Waals surface area (Å²) < 4.78 is 23.9. The molecule has 8 N–H and O–H groups in total. The van der Waals surface area contributed by atoms with Crippen molar-refractivity contribution in [3.8, 4) is 11.1 Å². The third kappa shape index (κ3) is 5.50. The van der Waals surface area contributed by atoms with Gasteiger partial charge in [-0.1, -0.05) is 53.7 Å². The highest BCUT2D eigenvalue weighted by Gasteiger charge is 2.48. The molecular weight excluding hydrogens is 496 g/mol. The van der Waals surface area contributed by atoms with Gasteiger partial charge in [-0.25, -0.2) is 13.6 Å². The number of nitrogen functional groups attached to an aromatic ring is 1. The lowest BCUT2D eigenvalue weighted by molar-refractivity contribution is -0.144. The van der Waals surface area contributed by atoms with Gasteiger partial charge in [0.15, 0.2) is 0 Å². The lowest BCUT2D eigenvalue weighted by atomic mass is 9.89. The number of hydrogen-bond acceptors (Lipinski definition) is 7.